The first-order valence-electron chi connectivity index (χ1n) is 9.19. The van der Waals surface area contributed by atoms with Gasteiger partial charge in [0, 0.05) is 19.2 Å². The van der Waals surface area contributed by atoms with Crippen LogP contribution in [-0.4, -0.2) is 28.9 Å². The molecule has 1 aromatic heterocycles. The molecule has 2 aromatic carbocycles. The van der Waals surface area contributed by atoms with Gasteiger partial charge < -0.3 is 14.8 Å². The number of hydrogen-bond donors (Lipinski definition) is 1. The van der Waals surface area contributed by atoms with Crippen LogP contribution in [0.25, 0.3) is 11.1 Å². The molecular formula is C21H18F3N3O3. The van der Waals surface area contributed by atoms with Crippen molar-refractivity contribution in [1.82, 2.24) is 15.1 Å². The average molecular weight is 417 g/mol. The Bertz CT molecular complexity index is 1080. The number of carbonyl (C=O) groups excluding carboxylic acids is 1. The van der Waals surface area contributed by atoms with E-state index < -0.39 is 11.7 Å². The van der Waals surface area contributed by atoms with E-state index in [2.05, 4.69) is 10.4 Å². The maximum atomic E-state index is 12.8. The normalized spacial score (nSPS) is 13.2. The molecule has 0 radical (unpaired) electrons. The Morgan fingerprint density at radius 2 is 1.80 bits per heavy atom. The Hall–Kier alpha value is -3.49. The van der Waals surface area contributed by atoms with Crippen LogP contribution in [0.5, 0.6) is 11.5 Å². The first-order chi connectivity index (χ1) is 14.3. The second kappa shape index (κ2) is 7.74. The number of fused-ring (bicyclic) bond motifs is 1. The summed E-state index contributed by atoms with van der Waals surface area (Å²) in [6.45, 7) is 1.02. The van der Waals surface area contributed by atoms with E-state index >= 15 is 0 Å². The van der Waals surface area contributed by atoms with Gasteiger partial charge in [0.15, 0.2) is 11.5 Å². The van der Waals surface area contributed by atoms with Crippen molar-refractivity contribution in [2.75, 3.05) is 13.2 Å². The molecule has 1 amide bonds. The Labute approximate surface area is 170 Å². The molecule has 1 aliphatic rings. The monoisotopic (exact) mass is 417 g/mol. The molecule has 0 atom stereocenters. The van der Waals surface area contributed by atoms with E-state index in [1.165, 1.54) is 16.8 Å². The topological polar surface area (TPSA) is 65.4 Å². The summed E-state index contributed by atoms with van der Waals surface area (Å²) in [6, 6.07) is 10.1. The summed E-state index contributed by atoms with van der Waals surface area (Å²) in [6.07, 6.45) is -2.81. The van der Waals surface area contributed by atoms with E-state index in [0.29, 0.717) is 41.5 Å². The third-order valence-corrected chi connectivity index (χ3v) is 4.74. The number of nitrogens with one attached hydrogen (secondary N) is 1. The smallest absolute Gasteiger partial charge is 0.416 e. The Balaban J connectivity index is 1.52. The molecule has 1 aliphatic heterocycles. The first kappa shape index (κ1) is 19.8. The maximum Gasteiger partial charge on any atom is 0.416 e. The van der Waals surface area contributed by atoms with Gasteiger partial charge in [-0.15, -0.1) is 0 Å². The summed E-state index contributed by atoms with van der Waals surface area (Å²) in [5, 5.41) is 6.91. The summed E-state index contributed by atoms with van der Waals surface area (Å²) in [5.74, 6) is 0.848. The summed E-state index contributed by atoms with van der Waals surface area (Å²) in [4.78, 5) is 12.8. The minimum Gasteiger partial charge on any atom is -0.486 e. The van der Waals surface area contributed by atoms with Gasteiger partial charge in [0.25, 0.3) is 5.91 Å². The molecule has 0 saturated carbocycles. The lowest BCUT2D eigenvalue weighted by molar-refractivity contribution is -0.137. The van der Waals surface area contributed by atoms with Gasteiger partial charge in [0.05, 0.1) is 11.8 Å². The number of halogens is 3. The van der Waals surface area contributed by atoms with E-state index in [-0.39, 0.29) is 12.5 Å². The average Bonchev–Trinajstić information content (AvgIpc) is 3.13. The van der Waals surface area contributed by atoms with Crippen LogP contribution in [0, 0.1) is 0 Å². The molecule has 3 aromatic rings. The van der Waals surface area contributed by atoms with Crippen LogP contribution in [0.15, 0.2) is 48.7 Å². The van der Waals surface area contributed by atoms with Crippen molar-refractivity contribution >= 4 is 5.91 Å². The van der Waals surface area contributed by atoms with Crippen LogP contribution < -0.4 is 14.8 Å². The lowest BCUT2D eigenvalue weighted by Crippen LogP contribution is -2.25. The molecular weight excluding hydrogens is 399 g/mol. The van der Waals surface area contributed by atoms with E-state index in [1.54, 1.807) is 25.4 Å². The van der Waals surface area contributed by atoms with Gasteiger partial charge in [-0.05, 0) is 35.4 Å². The fourth-order valence-corrected chi connectivity index (χ4v) is 3.21. The van der Waals surface area contributed by atoms with Crippen LogP contribution >= 0.6 is 0 Å². The molecule has 9 heteroatoms. The first-order valence-corrected chi connectivity index (χ1v) is 9.19. The number of hydrogen-bond acceptors (Lipinski definition) is 4. The van der Waals surface area contributed by atoms with Crippen molar-refractivity contribution in [2.45, 2.75) is 12.7 Å². The summed E-state index contributed by atoms with van der Waals surface area (Å²) in [5.41, 5.74) is 1.51. The number of alkyl halides is 3. The predicted molar refractivity (Wildman–Crippen MR) is 102 cm³/mol. The molecule has 30 heavy (non-hydrogen) atoms. The highest BCUT2D eigenvalue weighted by atomic mass is 19.4. The minimum atomic E-state index is -4.39. The SMILES string of the molecule is Cn1ncc(-c2ccc3c(c2)OCCO3)c1C(=O)NCc1ccc(C(F)(F)F)cc1. The third-order valence-electron chi connectivity index (χ3n) is 4.74. The summed E-state index contributed by atoms with van der Waals surface area (Å²) >= 11 is 0. The van der Waals surface area contributed by atoms with Crippen molar-refractivity contribution in [2.24, 2.45) is 7.05 Å². The zero-order valence-electron chi connectivity index (χ0n) is 16.0. The van der Waals surface area contributed by atoms with Crippen LogP contribution in [0.3, 0.4) is 0 Å². The lowest BCUT2D eigenvalue weighted by Gasteiger charge is -2.19. The number of benzene rings is 2. The van der Waals surface area contributed by atoms with Crippen LogP contribution in [0.2, 0.25) is 0 Å². The van der Waals surface area contributed by atoms with Gasteiger partial charge in [-0.25, -0.2) is 0 Å². The highest BCUT2D eigenvalue weighted by Gasteiger charge is 2.30. The van der Waals surface area contributed by atoms with E-state index in [4.69, 9.17) is 9.47 Å². The largest absolute Gasteiger partial charge is 0.486 e. The molecule has 2 heterocycles. The maximum absolute atomic E-state index is 12.8. The second-order valence-electron chi connectivity index (χ2n) is 6.77. The Morgan fingerprint density at radius 1 is 1.10 bits per heavy atom. The van der Waals surface area contributed by atoms with Gasteiger partial charge >= 0.3 is 6.18 Å². The third kappa shape index (κ3) is 3.96. The molecule has 0 unspecified atom stereocenters. The van der Waals surface area contributed by atoms with Gasteiger partial charge in [-0.1, -0.05) is 18.2 Å². The van der Waals surface area contributed by atoms with E-state index in [9.17, 15) is 18.0 Å². The number of carbonyl (C=O) groups is 1. The summed E-state index contributed by atoms with van der Waals surface area (Å²) < 4.78 is 50.6. The second-order valence-corrected chi connectivity index (χ2v) is 6.77. The number of aromatic nitrogens is 2. The lowest BCUT2D eigenvalue weighted by atomic mass is 10.0. The van der Waals surface area contributed by atoms with Gasteiger partial charge in [-0.2, -0.15) is 18.3 Å². The zero-order valence-corrected chi connectivity index (χ0v) is 16.0. The Kier molecular flexibility index (Phi) is 5.11. The van der Waals surface area contributed by atoms with E-state index in [1.807, 2.05) is 6.07 Å². The van der Waals surface area contributed by atoms with Crippen LogP contribution in [0.4, 0.5) is 13.2 Å². The molecule has 1 N–H and O–H groups in total. The number of rotatable bonds is 4. The van der Waals surface area contributed by atoms with Gasteiger partial charge in [0.1, 0.15) is 18.9 Å². The molecule has 0 spiro atoms. The fourth-order valence-electron chi connectivity index (χ4n) is 3.21. The molecule has 0 fully saturated rings. The number of amides is 1. The predicted octanol–water partition coefficient (Wildman–Crippen LogP) is 3.81. The Morgan fingerprint density at radius 3 is 2.50 bits per heavy atom. The molecule has 0 saturated heterocycles. The summed E-state index contributed by atoms with van der Waals surface area (Å²) in [7, 11) is 1.65. The van der Waals surface area contributed by atoms with Crippen molar-refractivity contribution in [3.63, 3.8) is 0 Å². The fraction of sp³-hybridized carbons (Fsp3) is 0.238. The van der Waals surface area contributed by atoms with Crippen molar-refractivity contribution in [3.05, 3.63) is 65.5 Å². The molecule has 0 bridgehead atoms. The van der Waals surface area contributed by atoms with E-state index in [0.717, 1.165) is 17.7 Å². The van der Waals surface area contributed by atoms with Gasteiger partial charge in [-0.3, -0.25) is 9.48 Å². The number of ether oxygens (including phenoxy) is 2. The zero-order chi connectivity index (χ0) is 21.3. The number of aryl methyl sites for hydroxylation is 1. The highest BCUT2D eigenvalue weighted by Crippen LogP contribution is 2.35. The van der Waals surface area contributed by atoms with Crippen molar-refractivity contribution < 1.29 is 27.4 Å². The standard InChI is InChI=1S/C21H18F3N3O3/c1-27-19(20(28)25-11-13-2-5-15(6-3-13)21(22,23)24)16(12-26-27)14-4-7-17-18(10-14)30-9-8-29-17/h2-7,10,12H,8-9,11H2,1H3,(H,25,28). The van der Waals surface area contributed by atoms with Gasteiger partial charge in [0.2, 0.25) is 0 Å². The molecule has 156 valence electrons. The van der Waals surface area contributed by atoms with Crippen LogP contribution in [-0.2, 0) is 19.8 Å². The minimum absolute atomic E-state index is 0.0860. The van der Waals surface area contributed by atoms with Crippen LogP contribution in [0.1, 0.15) is 21.6 Å². The molecule has 6 nitrogen and oxygen atoms in total. The van der Waals surface area contributed by atoms with Crippen molar-refractivity contribution in [3.8, 4) is 22.6 Å². The highest BCUT2D eigenvalue weighted by molar-refractivity contribution is 5.99. The molecule has 4 rings (SSSR count). The number of nitrogens with zero attached hydrogens (tertiary/aromatic N) is 2. The molecule has 0 aliphatic carbocycles. The quantitative estimate of drug-likeness (QED) is 0.701. The van der Waals surface area contributed by atoms with Crippen molar-refractivity contribution in [1.29, 1.82) is 0 Å².